The Hall–Kier alpha value is -7.42. The van der Waals surface area contributed by atoms with Crippen LogP contribution in [0.4, 0.5) is 17.1 Å². The molecular formula is C54H35NO. The smallest absolute Gasteiger partial charge is 0.159 e. The van der Waals surface area contributed by atoms with Gasteiger partial charge in [0.15, 0.2) is 5.58 Å². The third kappa shape index (κ3) is 5.51. The molecule has 0 radical (unpaired) electrons. The Morgan fingerprint density at radius 3 is 1.48 bits per heavy atom. The maximum Gasteiger partial charge on any atom is 0.159 e. The van der Waals surface area contributed by atoms with Gasteiger partial charge in [-0.05, 0) is 120 Å². The molecule has 0 aliphatic carbocycles. The first-order chi connectivity index (χ1) is 27.7. The van der Waals surface area contributed by atoms with Crippen molar-refractivity contribution in [3.63, 3.8) is 0 Å². The minimum atomic E-state index is 0.867. The SMILES string of the molecule is c1ccc(-c2ccc(N(c3ccc(-c4ccc5ccc(-c6ccc7ccccc7c6)cc5c4)cc3)c3cccc4c3oc3ccc5ccccc5c34)cc2)cc1. The fourth-order valence-corrected chi connectivity index (χ4v) is 8.37. The van der Waals surface area contributed by atoms with E-state index in [1.807, 2.05) is 0 Å². The van der Waals surface area contributed by atoms with Crippen molar-refractivity contribution in [2.75, 3.05) is 4.90 Å². The van der Waals surface area contributed by atoms with E-state index in [4.69, 9.17) is 4.42 Å². The van der Waals surface area contributed by atoms with Crippen LogP contribution in [0.1, 0.15) is 0 Å². The fourth-order valence-electron chi connectivity index (χ4n) is 8.37. The van der Waals surface area contributed by atoms with Crippen LogP contribution in [0.5, 0.6) is 0 Å². The number of rotatable bonds is 6. The van der Waals surface area contributed by atoms with Gasteiger partial charge in [-0.3, -0.25) is 0 Å². The molecule has 0 N–H and O–H groups in total. The molecule has 0 spiro atoms. The third-order valence-corrected chi connectivity index (χ3v) is 11.2. The number of benzene rings is 10. The average Bonchev–Trinajstić information content (AvgIpc) is 3.67. The number of fused-ring (bicyclic) bond motifs is 7. The van der Waals surface area contributed by atoms with Crippen molar-refractivity contribution >= 4 is 71.3 Å². The maximum absolute atomic E-state index is 6.76. The first kappa shape index (κ1) is 32.0. The highest BCUT2D eigenvalue weighted by molar-refractivity contribution is 6.21. The van der Waals surface area contributed by atoms with E-state index in [-0.39, 0.29) is 0 Å². The van der Waals surface area contributed by atoms with Gasteiger partial charge in [0.25, 0.3) is 0 Å². The highest BCUT2D eigenvalue weighted by Crippen LogP contribution is 2.44. The van der Waals surface area contributed by atoms with E-state index in [1.54, 1.807) is 0 Å². The molecule has 1 aromatic heterocycles. The Bertz CT molecular complexity index is 3230. The molecule has 0 unspecified atom stereocenters. The second-order valence-electron chi connectivity index (χ2n) is 14.5. The molecule has 2 nitrogen and oxygen atoms in total. The molecule has 1 heterocycles. The normalized spacial score (nSPS) is 11.6. The van der Waals surface area contributed by atoms with Gasteiger partial charge in [-0.1, -0.05) is 158 Å². The summed E-state index contributed by atoms with van der Waals surface area (Å²) in [6.07, 6.45) is 0. The third-order valence-electron chi connectivity index (χ3n) is 11.2. The Balaban J connectivity index is 1.01. The number of hydrogen-bond donors (Lipinski definition) is 0. The van der Waals surface area contributed by atoms with Gasteiger partial charge in [-0.2, -0.15) is 0 Å². The van der Waals surface area contributed by atoms with Gasteiger partial charge in [-0.15, -0.1) is 0 Å². The number of furan rings is 1. The van der Waals surface area contributed by atoms with Crippen LogP contribution >= 0.6 is 0 Å². The van der Waals surface area contributed by atoms with E-state index in [0.717, 1.165) is 39.0 Å². The Labute approximate surface area is 325 Å². The van der Waals surface area contributed by atoms with Crippen LogP contribution in [0, 0.1) is 0 Å². The van der Waals surface area contributed by atoms with Crippen LogP contribution in [0.15, 0.2) is 217 Å². The minimum Gasteiger partial charge on any atom is -0.454 e. The summed E-state index contributed by atoms with van der Waals surface area (Å²) in [5.74, 6) is 0. The highest BCUT2D eigenvalue weighted by Gasteiger charge is 2.20. The van der Waals surface area contributed by atoms with Crippen molar-refractivity contribution in [2.45, 2.75) is 0 Å². The van der Waals surface area contributed by atoms with Gasteiger partial charge < -0.3 is 9.32 Å². The van der Waals surface area contributed by atoms with Crippen LogP contribution in [-0.2, 0) is 0 Å². The molecule has 262 valence electrons. The van der Waals surface area contributed by atoms with Crippen molar-refractivity contribution < 1.29 is 4.42 Å². The van der Waals surface area contributed by atoms with Crippen LogP contribution < -0.4 is 4.90 Å². The Morgan fingerprint density at radius 2 is 0.786 bits per heavy atom. The summed E-state index contributed by atoms with van der Waals surface area (Å²) in [5, 5.41) is 9.62. The molecule has 0 fully saturated rings. The predicted octanol–water partition coefficient (Wildman–Crippen LogP) is 15.5. The molecule has 0 saturated heterocycles. The largest absolute Gasteiger partial charge is 0.454 e. The lowest BCUT2D eigenvalue weighted by molar-refractivity contribution is 0.669. The van der Waals surface area contributed by atoms with Crippen molar-refractivity contribution in [1.29, 1.82) is 0 Å². The standard InChI is InChI=1S/C54H35NO/c1-2-9-36(10-3-1)38-23-28-47(29-24-38)55(51-16-8-15-50-53-49-14-7-6-12-41(49)27-32-52(53)56-54(50)51)48-30-25-39(26-31-48)43-20-18-40-19-22-45(35-46(40)34-43)44-21-17-37-11-4-5-13-42(37)33-44/h1-35H. The number of anilines is 3. The fraction of sp³-hybridized carbons (Fsp3) is 0. The summed E-state index contributed by atoms with van der Waals surface area (Å²) in [4.78, 5) is 2.32. The predicted molar refractivity (Wildman–Crippen MR) is 237 cm³/mol. The topological polar surface area (TPSA) is 16.4 Å². The van der Waals surface area contributed by atoms with Gasteiger partial charge in [0.2, 0.25) is 0 Å². The average molecular weight is 714 g/mol. The van der Waals surface area contributed by atoms with E-state index >= 15 is 0 Å². The molecule has 0 amide bonds. The van der Waals surface area contributed by atoms with Gasteiger partial charge >= 0.3 is 0 Å². The van der Waals surface area contributed by atoms with E-state index in [0.29, 0.717) is 0 Å². The van der Waals surface area contributed by atoms with Crippen LogP contribution in [0.2, 0.25) is 0 Å². The number of hydrogen-bond acceptors (Lipinski definition) is 2. The van der Waals surface area contributed by atoms with Crippen molar-refractivity contribution in [3.05, 3.63) is 212 Å². The molecular weight excluding hydrogens is 679 g/mol. The molecule has 11 rings (SSSR count). The quantitative estimate of drug-likeness (QED) is 0.171. The maximum atomic E-state index is 6.76. The molecule has 0 saturated carbocycles. The Morgan fingerprint density at radius 1 is 0.304 bits per heavy atom. The molecule has 0 bridgehead atoms. The summed E-state index contributed by atoms with van der Waals surface area (Å²) >= 11 is 0. The zero-order valence-electron chi connectivity index (χ0n) is 30.6. The van der Waals surface area contributed by atoms with Crippen molar-refractivity contribution in [1.82, 2.24) is 0 Å². The Kier molecular flexibility index (Phi) is 7.53. The minimum absolute atomic E-state index is 0.867. The van der Waals surface area contributed by atoms with Gasteiger partial charge in [0, 0.05) is 22.1 Å². The summed E-state index contributed by atoms with van der Waals surface area (Å²) < 4.78 is 6.76. The summed E-state index contributed by atoms with van der Waals surface area (Å²) in [5.41, 5.74) is 12.0. The zero-order valence-corrected chi connectivity index (χ0v) is 30.6. The van der Waals surface area contributed by atoms with Gasteiger partial charge in [-0.25, -0.2) is 0 Å². The summed E-state index contributed by atoms with van der Waals surface area (Å²) in [7, 11) is 0. The number of para-hydroxylation sites is 1. The molecule has 0 aliphatic heterocycles. The lowest BCUT2D eigenvalue weighted by Gasteiger charge is -2.26. The molecule has 0 atom stereocenters. The van der Waals surface area contributed by atoms with Crippen LogP contribution in [0.25, 0.3) is 87.6 Å². The van der Waals surface area contributed by atoms with Gasteiger partial charge in [0.1, 0.15) is 5.58 Å². The number of nitrogens with zero attached hydrogens (tertiary/aromatic N) is 1. The zero-order chi connectivity index (χ0) is 37.0. The first-order valence-corrected chi connectivity index (χ1v) is 19.2. The van der Waals surface area contributed by atoms with Crippen LogP contribution in [0.3, 0.4) is 0 Å². The molecule has 56 heavy (non-hydrogen) atoms. The molecule has 0 aliphatic rings. The summed E-state index contributed by atoms with van der Waals surface area (Å²) in [6, 6.07) is 76.4. The van der Waals surface area contributed by atoms with Crippen LogP contribution in [-0.4, -0.2) is 0 Å². The van der Waals surface area contributed by atoms with E-state index in [2.05, 4.69) is 217 Å². The van der Waals surface area contributed by atoms with E-state index in [1.165, 1.54) is 65.7 Å². The van der Waals surface area contributed by atoms with E-state index < -0.39 is 0 Å². The monoisotopic (exact) mass is 713 g/mol. The second-order valence-corrected chi connectivity index (χ2v) is 14.5. The van der Waals surface area contributed by atoms with E-state index in [9.17, 15) is 0 Å². The van der Waals surface area contributed by atoms with Crippen molar-refractivity contribution in [2.24, 2.45) is 0 Å². The lowest BCUT2D eigenvalue weighted by Crippen LogP contribution is -2.10. The van der Waals surface area contributed by atoms with Crippen molar-refractivity contribution in [3.8, 4) is 33.4 Å². The second kappa shape index (κ2) is 13.2. The summed E-state index contributed by atoms with van der Waals surface area (Å²) in [6.45, 7) is 0. The lowest BCUT2D eigenvalue weighted by atomic mass is 9.96. The van der Waals surface area contributed by atoms with Gasteiger partial charge in [0.05, 0.1) is 5.69 Å². The molecule has 10 aromatic carbocycles. The first-order valence-electron chi connectivity index (χ1n) is 19.2. The highest BCUT2D eigenvalue weighted by atomic mass is 16.3. The molecule has 2 heteroatoms. The molecule has 11 aromatic rings.